The van der Waals surface area contributed by atoms with E-state index in [1.54, 1.807) is 14.2 Å². The van der Waals surface area contributed by atoms with Crippen molar-refractivity contribution in [1.82, 2.24) is 20.2 Å². The van der Waals surface area contributed by atoms with Gasteiger partial charge >= 0.3 is 0 Å². The predicted octanol–water partition coefficient (Wildman–Crippen LogP) is 4.25. The van der Waals surface area contributed by atoms with E-state index in [1.165, 1.54) is 11.1 Å². The number of para-hydroxylation sites is 1. The molecular formula is C28H30N6O2. The lowest BCUT2D eigenvalue weighted by molar-refractivity contribution is -0.118. The van der Waals surface area contributed by atoms with Gasteiger partial charge in [0.25, 0.3) is 0 Å². The number of aromatic nitrogens is 2. The molecular weight excluding hydrogens is 452 g/mol. The second-order valence-electron chi connectivity index (χ2n) is 8.92. The van der Waals surface area contributed by atoms with E-state index in [-0.39, 0.29) is 12.5 Å². The predicted molar refractivity (Wildman–Crippen MR) is 143 cm³/mol. The van der Waals surface area contributed by atoms with E-state index in [1.807, 2.05) is 59.6 Å². The number of benzene rings is 3. The lowest BCUT2D eigenvalue weighted by atomic mass is 9.98. The molecule has 3 aromatic carbocycles. The summed E-state index contributed by atoms with van der Waals surface area (Å²) in [5.74, 6) is 1.24. The summed E-state index contributed by atoms with van der Waals surface area (Å²) in [5, 5.41) is 6.68. The van der Waals surface area contributed by atoms with Crippen molar-refractivity contribution in [1.29, 1.82) is 0 Å². The average molecular weight is 483 g/mol. The number of methoxy groups -OCH3 is 1. The number of hydrogen-bond acceptors (Lipinski definition) is 7. The van der Waals surface area contributed by atoms with Crippen LogP contribution in [0, 0.1) is 0 Å². The maximum absolute atomic E-state index is 11.7. The number of nitrogens with one attached hydrogen (secondary N) is 2. The molecule has 1 aliphatic heterocycles. The van der Waals surface area contributed by atoms with Gasteiger partial charge in [-0.3, -0.25) is 9.69 Å². The van der Waals surface area contributed by atoms with E-state index >= 15 is 0 Å². The standard InChI is InChI=1S/C28H30N6O2/c1-29-27(35)17-30-22-10-9-20-16-31-28(32-24(20)15-22)34(23-7-5-4-6-8-23)25-13-21-18-33(2)12-11-19(21)14-26(25)36-3/h4-10,13-16,30H,11-12,17-18H2,1-3H3,(H,29,35). The van der Waals surface area contributed by atoms with Crippen LogP contribution in [-0.4, -0.2) is 55.1 Å². The first-order chi connectivity index (χ1) is 17.6. The summed E-state index contributed by atoms with van der Waals surface area (Å²) < 4.78 is 5.88. The van der Waals surface area contributed by atoms with E-state index in [0.717, 1.165) is 53.2 Å². The van der Waals surface area contributed by atoms with Gasteiger partial charge in [0, 0.05) is 43.1 Å². The Balaban J connectivity index is 1.61. The third kappa shape index (κ3) is 4.81. The smallest absolute Gasteiger partial charge is 0.239 e. The highest BCUT2D eigenvalue weighted by Gasteiger charge is 2.23. The van der Waals surface area contributed by atoms with Crippen molar-refractivity contribution < 1.29 is 9.53 Å². The molecule has 0 radical (unpaired) electrons. The molecule has 2 heterocycles. The molecule has 8 heteroatoms. The Morgan fingerprint density at radius 1 is 1.11 bits per heavy atom. The number of carbonyl (C=O) groups excluding carboxylic acids is 1. The molecule has 1 amide bonds. The van der Waals surface area contributed by atoms with E-state index < -0.39 is 0 Å². The number of nitrogens with zero attached hydrogens (tertiary/aromatic N) is 4. The van der Waals surface area contributed by atoms with Gasteiger partial charge in [-0.25, -0.2) is 9.97 Å². The average Bonchev–Trinajstić information content (AvgIpc) is 2.91. The van der Waals surface area contributed by atoms with Crippen LogP contribution in [0.4, 0.5) is 23.0 Å². The lowest BCUT2D eigenvalue weighted by Crippen LogP contribution is -2.27. The van der Waals surface area contributed by atoms with Gasteiger partial charge in [-0.05, 0) is 67.1 Å². The van der Waals surface area contributed by atoms with Crippen molar-refractivity contribution in [2.45, 2.75) is 13.0 Å². The Bertz CT molecular complexity index is 1390. The molecule has 0 aliphatic carbocycles. The van der Waals surface area contributed by atoms with Crippen LogP contribution in [0.3, 0.4) is 0 Å². The van der Waals surface area contributed by atoms with Crippen LogP contribution in [0.2, 0.25) is 0 Å². The van der Waals surface area contributed by atoms with E-state index in [0.29, 0.717) is 5.95 Å². The van der Waals surface area contributed by atoms with Crippen molar-refractivity contribution in [3.05, 3.63) is 78.0 Å². The molecule has 5 rings (SSSR count). The number of rotatable bonds is 7. The molecule has 0 fully saturated rings. The highest BCUT2D eigenvalue weighted by atomic mass is 16.5. The second-order valence-corrected chi connectivity index (χ2v) is 8.92. The number of amides is 1. The lowest BCUT2D eigenvalue weighted by Gasteiger charge is -2.30. The van der Waals surface area contributed by atoms with Crippen molar-refractivity contribution in [3.8, 4) is 5.75 Å². The van der Waals surface area contributed by atoms with Gasteiger partial charge in [0.1, 0.15) is 5.75 Å². The monoisotopic (exact) mass is 482 g/mol. The number of ether oxygens (including phenoxy) is 1. The molecule has 0 saturated carbocycles. The van der Waals surface area contributed by atoms with Crippen molar-refractivity contribution in [3.63, 3.8) is 0 Å². The molecule has 1 aliphatic rings. The third-order valence-corrected chi connectivity index (χ3v) is 6.46. The SMILES string of the molecule is CNC(=O)CNc1ccc2cnc(N(c3ccccc3)c3cc4c(cc3OC)CCN(C)C4)nc2c1. The molecule has 4 aromatic rings. The molecule has 0 saturated heterocycles. The second kappa shape index (κ2) is 10.2. The largest absolute Gasteiger partial charge is 0.495 e. The summed E-state index contributed by atoms with van der Waals surface area (Å²) in [6.45, 7) is 2.10. The summed E-state index contributed by atoms with van der Waals surface area (Å²) >= 11 is 0. The van der Waals surface area contributed by atoms with Gasteiger partial charge in [-0.1, -0.05) is 18.2 Å². The minimum absolute atomic E-state index is 0.0844. The Labute approximate surface area is 210 Å². The Hall–Kier alpha value is -4.17. The number of fused-ring (bicyclic) bond motifs is 2. The number of anilines is 4. The molecule has 0 atom stereocenters. The maximum Gasteiger partial charge on any atom is 0.239 e. The fourth-order valence-corrected chi connectivity index (χ4v) is 4.49. The van der Waals surface area contributed by atoms with Gasteiger partial charge in [-0.15, -0.1) is 0 Å². The van der Waals surface area contributed by atoms with Crippen LogP contribution in [0.1, 0.15) is 11.1 Å². The summed E-state index contributed by atoms with van der Waals surface area (Å²) in [6, 6.07) is 20.2. The van der Waals surface area contributed by atoms with Gasteiger partial charge in [0.05, 0.1) is 24.9 Å². The first-order valence-corrected chi connectivity index (χ1v) is 12.0. The minimum Gasteiger partial charge on any atom is -0.495 e. The molecule has 0 unspecified atom stereocenters. The summed E-state index contributed by atoms with van der Waals surface area (Å²) in [6.07, 6.45) is 2.82. The molecule has 184 valence electrons. The van der Waals surface area contributed by atoms with Crippen molar-refractivity contribution in [2.75, 3.05) is 44.5 Å². The Kier molecular flexibility index (Phi) is 6.69. The summed E-state index contributed by atoms with van der Waals surface area (Å²) in [4.78, 5) is 25.7. The van der Waals surface area contributed by atoms with Gasteiger partial charge in [0.15, 0.2) is 0 Å². The highest BCUT2D eigenvalue weighted by Crippen LogP contribution is 2.41. The van der Waals surface area contributed by atoms with Crippen LogP contribution < -0.4 is 20.3 Å². The van der Waals surface area contributed by atoms with Gasteiger partial charge in [0.2, 0.25) is 11.9 Å². The summed E-state index contributed by atoms with van der Waals surface area (Å²) in [7, 11) is 5.47. The Morgan fingerprint density at radius 3 is 2.72 bits per heavy atom. The molecule has 0 bridgehead atoms. The normalized spacial score (nSPS) is 13.2. The summed E-state index contributed by atoms with van der Waals surface area (Å²) in [5.41, 5.74) is 6.02. The van der Waals surface area contributed by atoms with Crippen LogP contribution in [0.15, 0.2) is 66.9 Å². The molecule has 36 heavy (non-hydrogen) atoms. The Morgan fingerprint density at radius 2 is 1.94 bits per heavy atom. The van der Waals surface area contributed by atoms with E-state index in [2.05, 4.69) is 34.7 Å². The van der Waals surface area contributed by atoms with Crippen LogP contribution in [0.5, 0.6) is 5.75 Å². The zero-order chi connectivity index (χ0) is 25.1. The van der Waals surface area contributed by atoms with Crippen molar-refractivity contribution in [2.24, 2.45) is 0 Å². The molecule has 0 spiro atoms. The van der Waals surface area contributed by atoms with Crippen molar-refractivity contribution >= 4 is 39.8 Å². The molecule has 8 nitrogen and oxygen atoms in total. The maximum atomic E-state index is 11.7. The zero-order valence-corrected chi connectivity index (χ0v) is 20.8. The zero-order valence-electron chi connectivity index (χ0n) is 20.8. The van der Waals surface area contributed by atoms with Crippen LogP contribution >= 0.6 is 0 Å². The van der Waals surface area contributed by atoms with Crippen LogP contribution in [-0.2, 0) is 17.8 Å². The molecule has 1 aromatic heterocycles. The molecule has 2 N–H and O–H groups in total. The third-order valence-electron chi connectivity index (χ3n) is 6.46. The first kappa shape index (κ1) is 23.6. The number of hydrogen-bond donors (Lipinski definition) is 2. The quantitative estimate of drug-likeness (QED) is 0.407. The first-order valence-electron chi connectivity index (χ1n) is 12.0. The topological polar surface area (TPSA) is 82.6 Å². The fraction of sp³-hybridized carbons (Fsp3) is 0.250. The fourth-order valence-electron chi connectivity index (χ4n) is 4.49. The van der Waals surface area contributed by atoms with E-state index in [9.17, 15) is 4.79 Å². The van der Waals surface area contributed by atoms with Crippen LogP contribution in [0.25, 0.3) is 10.9 Å². The van der Waals surface area contributed by atoms with Gasteiger partial charge in [-0.2, -0.15) is 0 Å². The van der Waals surface area contributed by atoms with E-state index in [4.69, 9.17) is 14.7 Å². The minimum atomic E-state index is -0.0844. The number of likely N-dealkylation sites (N-methyl/N-ethyl adjacent to an activating group) is 2. The highest BCUT2D eigenvalue weighted by molar-refractivity contribution is 5.86. The number of carbonyl (C=O) groups is 1. The van der Waals surface area contributed by atoms with Gasteiger partial charge < -0.3 is 20.3 Å².